The first-order valence-corrected chi connectivity index (χ1v) is 6.87. The highest BCUT2D eigenvalue weighted by molar-refractivity contribution is 6.42. The SMILES string of the molecule is CCN(CC1CCC1)c1cc(Cl)c(Cl)cc1N. The topological polar surface area (TPSA) is 29.3 Å². The number of anilines is 2. The molecule has 2 nitrogen and oxygen atoms in total. The summed E-state index contributed by atoms with van der Waals surface area (Å²) in [6, 6.07) is 3.62. The van der Waals surface area contributed by atoms with Crippen molar-refractivity contribution in [2.75, 3.05) is 23.7 Å². The maximum Gasteiger partial charge on any atom is 0.0615 e. The monoisotopic (exact) mass is 272 g/mol. The summed E-state index contributed by atoms with van der Waals surface area (Å²) in [5.41, 5.74) is 7.73. The van der Waals surface area contributed by atoms with Gasteiger partial charge in [0.1, 0.15) is 0 Å². The van der Waals surface area contributed by atoms with Gasteiger partial charge in [-0.3, -0.25) is 0 Å². The fourth-order valence-corrected chi connectivity index (χ4v) is 2.54. The van der Waals surface area contributed by atoms with Crippen molar-refractivity contribution in [3.05, 3.63) is 22.2 Å². The van der Waals surface area contributed by atoms with E-state index in [1.807, 2.05) is 6.07 Å². The Morgan fingerprint density at radius 1 is 1.29 bits per heavy atom. The molecule has 1 aliphatic carbocycles. The van der Waals surface area contributed by atoms with Gasteiger partial charge in [-0.1, -0.05) is 29.6 Å². The molecule has 2 rings (SSSR count). The van der Waals surface area contributed by atoms with Crippen molar-refractivity contribution in [3.8, 4) is 0 Å². The fraction of sp³-hybridized carbons (Fsp3) is 0.538. The average Bonchev–Trinajstić information content (AvgIpc) is 2.23. The Hall–Kier alpha value is -0.600. The highest BCUT2D eigenvalue weighted by Gasteiger charge is 2.21. The van der Waals surface area contributed by atoms with Crippen LogP contribution in [0.15, 0.2) is 12.1 Å². The van der Waals surface area contributed by atoms with Gasteiger partial charge in [0.25, 0.3) is 0 Å². The van der Waals surface area contributed by atoms with Gasteiger partial charge in [-0.2, -0.15) is 0 Å². The quantitative estimate of drug-likeness (QED) is 0.833. The summed E-state index contributed by atoms with van der Waals surface area (Å²) in [4.78, 5) is 2.29. The van der Waals surface area contributed by atoms with Crippen molar-refractivity contribution in [1.29, 1.82) is 0 Å². The molecule has 0 atom stereocenters. The lowest BCUT2D eigenvalue weighted by atomic mass is 9.85. The van der Waals surface area contributed by atoms with Crippen LogP contribution in [0.5, 0.6) is 0 Å². The lowest BCUT2D eigenvalue weighted by Crippen LogP contribution is -2.32. The largest absolute Gasteiger partial charge is 0.397 e. The van der Waals surface area contributed by atoms with E-state index in [2.05, 4.69) is 11.8 Å². The molecule has 0 bridgehead atoms. The molecular formula is C13H18Cl2N2. The molecule has 1 aromatic carbocycles. The Morgan fingerprint density at radius 3 is 2.47 bits per heavy atom. The van der Waals surface area contributed by atoms with Crippen LogP contribution in [-0.4, -0.2) is 13.1 Å². The van der Waals surface area contributed by atoms with Crippen molar-refractivity contribution in [3.63, 3.8) is 0 Å². The van der Waals surface area contributed by atoms with E-state index >= 15 is 0 Å². The maximum absolute atomic E-state index is 6.06. The number of nitrogens with zero attached hydrogens (tertiary/aromatic N) is 1. The molecule has 17 heavy (non-hydrogen) atoms. The average molecular weight is 273 g/mol. The van der Waals surface area contributed by atoms with Crippen molar-refractivity contribution in [1.82, 2.24) is 0 Å². The van der Waals surface area contributed by atoms with E-state index < -0.39 is 0 Å². The summed E-state index contributed by atoms with van der Waals surface area (Å²) in [5, 5.41) is 1.09. The maximum atomic E-state index is 6.06. The summed E-state index contributed by atoms with van der Waals surface area (Å²) >= 11 is 12.0. The normalized spacial score (nSPS) is 15.7. The lowest BCUT2D eigenvalue weighted by Gasteiger charge is -2.33. The number of nitrogens with two attached hydrogens (primary N) is 1. The molecule has 94 valence electrons. The molecule has 0 amide bonds. The molecule has 1 aromatic rings. The van der Waals surface area contributed by atoms with Crippen LogP contribution in [0.4, 0.5) is 11.4 Å². The Morgan fingerprint density at radius 2 is 1.94 bits per heavy atom. The minimum absolute atomic E-state index is 0.521. The first kappa shape index (κ1) is 12.8. The Balaban J connectivity index is 2.19. The Bertz CT molecular complexity index is 403. The summed E-state index contributed by atoms with van der Waals surface area (Å²) in [6.07, 6.45) is 4.02. The van der Waals surface area contributed by atoms with Crippen LogP contribution in [0, 0.1) is 5.92 Å². The molecule has 1 saturated carbocycles. The third-order valence-corrected chi connectivity index (χ3v) is 4.22. The molecule has 0 heterocycles. The van der Waals surface area contributed by atoms with E-state index in [4.69, 9.17) is 28.9 Å². The van der Waals surface area contributed by atoms with Gasteiger partial charge in [-0.05, 0) is 37.8 Å². The lowest BCUT2D eigenvalue weighted by molar-refractivity contribution is 0.318. The summed E-state index contributed by atoms with van der Waals surface area (Å²) in [6.45, 7) is 4.15. The van der Waals surface area contributed by atoms with Gasteiger partial charge in [0.2, 0.25) is 0 Å². The highest BCUT2D eigenvalue weighted by atomic mass is 35.5. The summed E-state index contributed by atoms with van der Waals surface area (Å²) in [7, 11) is 0. The minimum Gasteiger partial charge on any atom is -0.397 e. The third-order valence-electron chi connectivity index (χ3n) is 3.50. The van der Waals surface area contributed by atoms with Gasteiger partial charge < -0.3 is 10.6 Å². The van der Waals surface area contributed by atoms with Gasteiger partial charge in [0, 0.05) is 13.1 Å². The molecule has 0 unspecified atom stereocenters. The number of halogens is 2. The first-order valence-electron chi connectivity index (χ1n) is 6.11. The van der Waals surface area contributed by atoms with Crippen LogP contribution in [0.3, 0.4) is 0 Å². The van der Waals surface area contributed by atoms with E-state index in [-0.39, 0.29) is 0 Å². The van der Waals surface area contributed by atoms with Gasteiger partial charge in [0.15, 0.2) is 0 Å². The van der Waals surface area contributed by atoms with Gasteiger partial charge >= 0.3 is 0 Å². The predicted octanol–water partition coefficient (Wildman–Crippen LogP) is 4.20. The molecule has 0 saturated heterocycles. The second kappa shape index (κ2) is 5.36. The Kier molecular flexibility index (Phi) is 4.05. The zero-order valence-corrected chi connectivity index (χ0v) is 11.6. The molecule has 1 aliphatic rings. The summed E-state index contributed by atoms with van der Waals surface area (Å²) in [5.74, 6) is 0.809. The molecule has 1 fully saturated rings. The molecule has 0 spiro atoms. The van der Waals surface area contributed by atoms with Crippen molar-refractivity contribution in [2.45, 2.75) is 26.2 Å². The Labute approximate surface area is 113 Å². The van der Waals surface area contributed by atoms with Crippen LogP contribution in [0.1, 0.15) is 26.2 Å². The van der Waals surface area contributed by atoms with E-state index in [0.717, 1.165) is 24.7 Å². The molecule has 0 radical (unpaired) electrons. The second-order valence-electron chi connectivity index (χ2n) is 4.66. The van der Waals surface area contributed by atoms with Crippen LogP contribution >= 0.6 is 23.2 Å². The molecule has 2 N–H and O–H groups in total. The first-order chi connectivity index (χ1) is 8.11. The van der Waals surface area contributed by atoms with Crippen molar-refractivity contribution >= 4 is 34.6 Å². The molecule has 4 heteroatoms. The minimum atomic E-state index is 0.521. The number of benzene rings is 1. The zero-order chi connectivity index (χ0) is 12.4. The van der Waals surface area contributed by atoms with Crippen LogP contribution < -0.4 is 10.6 Å². The van der Waals surface area contributed by atoms with E-state index in [1.165, 1.54) is 19.3 Å². The van der Waals surface area contributed by atoms with Gasteiger partial charge in [-0.15, -0.1) is 0 Å². The van der Waals surface area contributed by atoms with E-state index in [9.17, 15) is 0 Å². The standard InChI is InChI=1S/C13H18Cl2N2/c1-2-17(8-9-4-3-5-9)13-7-11(15)10(14)6-12(13)16/h6-7,9H,2-5,8,16H2,1H3. The van der Waals surface area contributed by atoms with E-state index in [1.54, 1.807) is 6.07 Å². The number of hydrogen-bond donors (Lipinski definition) is 1. The predicted molar refractivity (Wildman–Crippen MR) is 76.1 cm³/mol. The van der Waals surface area contributed by atoms with Crippen LogP contribution in [0.2, 0.25) is 10.0 Å². The molecule has 0 aliphatic heterocycles. The smallest absolute Gasteiger partial charge is 0.0615 e. The van der Waals surface area contributed by atoms with E-state index in [0.29, 0.717) is 15.7 Å². The van der Waals surface area contributed by atoms with Crippen LogP contribution in [-0.2, 0) is 0 Å². The summed E-state index contributed by atoms with van der Waals surface area (Å²) < 4.78 is 0. The zero-order valence-electron chi connectivity index (χ0n) is 10.0. The number of nitrogen functional groups attached to an aromatic ring is 1. The third kappa shape index (κ3) is 2.80. The van der Waals surface area contributed by atoms with Crippen molar-refractivity contribution in [2.24, 2.45) is 5.92 Å². The molecular weight excluding hydrogens is 255 g/mol. The second-order valence-corrected chi connectivity index (χ2v) is 5.48. The fourth-order valence-electron chi connectivity index (χ4n) is 2.21. The van der Waals surface area contributed by atoms with Gasteiger partial charge in [0.05, 0.1) is 21.4 Å². The number of hydrogen-bond acceptors (Lipinski definition) is 2. The molecule has 0 aromatic heterocycles. The number of rotatable bonds is 4. The van der Waals surface area contributed by atoms with Crippen molar-refractivity contribution < 1.29 is 0 Å². The van der Waals surface area contributed by atoms with Gasteiger partial charge in [-0.25, -0.2) is 0 Å². The van der Waals surface area contributed by atoms with Crippen LogP contribution in [0.25, 0.3) is 0 Å². The highest BCUT2D eigenvalue weighted by Crippen LogP contribution is 2.35.